The quantitative estimate of drug-likeness (QED) is 0.458. The molecule has 0 spiro atoms. The summed E-state index contributed by atoms with van der Waals surface area (Å²) in [6, 6.07) is 5.15. The maximum atomic E-state index is 13.4. The summed E-state index contributed by atoms with van der Waals surface area (Å²) in [7, 11) is 0. The lowest BCUT2D eigenvalue weighted by molar-refractivity contribution is 0.598. The van der Waals surface area contributed by atoms with E-state index in [9.17, 15) is 4.39 Å². The van der Waals surface area contributed by atoms with Gasteiger partial charge in [0.05, 0.1) is 0 Å². The van der Waals surface area contributed by atoms with E-state index in [1.807, 2.05) is 47.6 Å². The summed E-state index contributed by atoms with van der Waals surface area (Å²) in [6.07, 6.45) is 1.31. The van der Waals surface area contributed by atoms with Crippen molar-refractivity contribution in [1.82, 2.24) is 0 Å². The van der Waals surface area contributed by atoms with Crippen molar-refractivity contribution in [3.8, 4) is 11.8 Å². The molecular weight excluding hydrogens is 319 g/mol. The summed E-state index contributed by atoms with van der Waals surface area (Å²) in [4.78, 5) is 0. The molecule has 0 N–H and O–H groups in total. The predicted octanol–water partition coefficient (Wildman–Crippen LogP) is 9.09. The Morgan fingerprint density at radius 1 is 0.885 bits per heavy atom. The van der Waals surface area contributed by atoms with Gasteiger partial charge in [-0.3, -0.25) is 0 Å². The van der Waals surface area contributed by atoms with E-state index in [4.69, 9.17) is 0 Å². The molecule has 0 saturated heterocycles. The van der Waals surface area contributed by atoms with Crippen molar-refractivity contribution in [2.24, 2.45) is 11.8 Å². The summed E-state index contributed by atoms with van der Waals surface area (Å²) in [5, 5.41) is 0. The molecule has 1 aromatic carbocycles. The third kappa shape index (κ3) is 25.0. The van der Waals surface area contributed by atoms with Gasteiger partial charge in [-0.1, -0.05) is 101 Å². The summed E-state index contributed by atoms with van der Waals surface area (Å²) >= 11 is 0. The molecule has 1 heteroatoms. The lowest BCUT2D eigenvalue weighted by Crippen LogP contribution is -1.93. The van der Waals surface area contributed by atoms with E-state index < -0.39 is 0 Å². The normalized spacial score (nSPS) is 8.50. The highest BCUT2D eigenvalue weighted by Crippen LogP contribution is 2.18. The Hall–Kier alpha value is -1.29. The second kappa shape index (κ2) is 23.7. The van der Waals surface area contributed by atoms with Gasteiger partial charge < -0.3 is 0 Å². The second-order valence-corrected chi connectivity index (χ2v) is 6.80. The Morgan fingerprint density at radius 2 is 1.27 bits per heavy atom. The highest BCUT2D eigenvalue weighted by Gasteiger charge is 2.05. The van der Waals surface area contributed by atoms with E-state index >= 15 is 0 Å². The van der Waals surface area contributed by atoms with Crippen molar-refractivity contribution in [2.75, 3.05) is 0 Å². The van der Waals surface area contributed by atoms with Gasteiger partial charge in [-0.15, -0.1) is 5.92 Å². The number of hydrogen-bond donors (Lipinski definition) is 0. The van der Waals surface area contributed by atoms with Crippen LogP contribution in [-0.2, 0) is 0 Å². The molecule has 154 valence electrons. The van der Waals surface area contributed by atoms with Crippen LogP contribution in [0.15, 0.2) is 18.2 Å². The monoisotopic (exact) mass is 366 g/mol. The van der Waals surface area contributed by atoms with Crippen molar-refractivity contribution in [2.45, 2.75) is 102 Å². The minimum atomic E-state index is -0.157. The molecule has 0 radical (unpaired) electrons. The molecule has 1 aromatic rings. The van der Waals surface area contributed by atoms with Crippen LogP contribution in [0.3, 0.4) is 0 Å². The number of hydrogen-bond acceptors (Lipinski definition) is 0. The maximum absolute atomic E-state index is 13.4. The molecule has 0 amide bonds. The highest BCUT2D eigenvalue weighted by molar-refractivity contribution is 5.37. The molecule has 0 saturated carbocycles. The molecule has 0 heterocycles. The Kier molecular flexibility index (Phi) is 29.5. The van der Waals surface area contributed by atoms with Gasteiger partial charge >= 0.3 is 0 Å². The molecule has 0 nitrogen and oxygen atoms in total. The lowest BCUT2D eigenvalue weighted by Gasteiger charge is -2.06. The fourth-order valence-corrected chi connectivity index (χ4v) is 1.22. The fraction of sp³-hybridized carbons (Fsp3) is 0.680. The lowest BCUT2D eigenvalue weighted by atomic mass is 10.0. The van der Waals surface area contributed by atoms with Crippen LogP contribution >= 0.6 is 0 Å². The first kappa shape index (κ1) is 32.4. The number of rotatable bonds is 2. The van der Waals surface area contributed by atoms with Crippen LogP contribution in [0.1, 0.15) is 113 Å². The van der Waals surface area contributed by atoms with Crippen LogP contribution in [0.4, 0.5) is 4.39 Å². The van der Waals surface area contributed by atoms with E-state index in [1.54, 1.807) is 13.0 Å². The van der Waals surface area contributed by atoms with Gasteiger partial charge in [0.2, 0.25) is 0 Å². The van der Waals surface area contributed by atoms with Crippen molar-refractivity contribution in [1.29, 1.82) is 0 Å². The molecule has 26 heavy (non-hydrogen) atoms. The number of halogens is 1. The van der Waals surface area contributed by atoms with Gasteiger partial charge in [-0.2, -0.15) is 0 Å². The molecule has 0 bridgehead atoms. The molecular formula is C25H47F. The van der Waals surface area contributed by atoms with E-state index in [1.165, 1.54) is 12.5 Å². The van der Waals surface area contributed by atoms with Crippen molar-refractivity contribution in [3.05, 3.63) is 35.1 Å². The topological polar surface area (TPSA) is 0 Å². The molecule has 1 rings (SSSR count). The smallest absolute Gasteiger partial charge is 0.127 e. The van der Waals surface area contributed by atoms with Crippen LogP contribution in [-0.4, -0.2) is 0 Å². The molecule has 0 atom stereocenters. The molecule has 0 aromatic heterocycles. The van der Waals surface area contributed by atoms with Crippen LogP contribution in [0.5, 0.6) is 0 Å². The third-order valence-corrected chi connectivity index (χ3v) is 2.71. The first-order chi connectivity index (χ1) is 12.1. The molecule has 0 aliphatic heterocycles. The Balaban J connectivity index is -0.000000155. The first-order valence-electron chi connectivity index (χ1n) is 10.4. The zero-order valence-corrected chi connectivity index (χ0v) is 20.0. The van der Waals surface area contributed by atoms with Gasteiger partial charge in [-0.25, -0.2) is 4.39 Å². The van der Waals surface area contributed by atoms with Crippen LogP contribution in [0.2, 0.25) is 0 Å². The SMILES string of the molecule is CC.CC.CC#Cc1ccc(C(C)C)c(F)c1.CC(C)C.CCC(C)C. The summed E-state index contributed by atoms with van der Waals surface area (Å²) < 4.78 is 13.4. The highest BCUT2D eigenvalue weighted by atomic mass is 19.1. The van der Waals surface area contributed by atoms with Crippen LogP contribution in [0, 0.1) is 29.5 Å². The minimum Gasteiger partial charge on any atom is -0.207 e. The maximum Gasteiger partial charge on any atom is 0.127 e. The van der Waals surface area contributed by atoms with E-state index in [-0.39, 0.29) is 11.7 Å². The minimum absolute atomic E-state index is 0.157. The molecule has 0 aliphatic rings. The molecule has 0 unspecified atom stereocenters. The van der Waals surface area contributed by atoms with Crippen molar-refractivity contribution in [3.63, 3.8) is 0 Å². The average molecular weight is 367 g/mol. The zero-order chi connectivity index (χ0) is 21.7. The van der Waals surface area contributed by atoms with Gasteiger partial charge in [-0.05, 0) is 42.4 Å². The molecule has 0 fully saturated rings. The summed E-state index contributed by atoms with van der Waals surface area (Å²) in [6.45, 7) is 26.8. The van der Waals surface area contributed by atoms with E-state index in [0.717, 1.165) is 23.0 Å². The van der Waals surface area contributed by atoms with E-state index in [2.05, 4.69) is 53.4 Å². The van der Waals surface area contributed by atoms with Gasteiger partial charge in [0.15, 0.2) is 0 Å². The predicted molar refractivity (Wildman–Crippen MR) is 121 cm³/mol. The zero-order valence-electron chi connectivity index (χ0n) is 20.0. The van der Waals surface area contributed by atoms with Crippen molar-refractivity contribution < 1.29 is 4.39 Å². The Morgan fingerprint density at radius 3 is 1.50 bits per heavy atom. The van der Waals surface area contributed by atoms with Gasteiger partial charge in [0, 0.05) is 5.56 Å². The van der Waals surface area contributed by atoms with Crippen molar-refractivity contribution >= 4 is 0 Å². The summed E-state index contributed by atoms with van der Waals surface area (Å²) in [5.41, 5.74) is 1.49. The fourth-order valence-electron chi connectivity index (χ4n) is 1.22. The first-order valence-corrected chi connectivity index (χ1v) is 10.4. The second-order valence-electron chi connectivity index (χ2n) is 6.80. The van der Waals surface area contributed by atoms with Crippen LogP contribution in [0.25, 0.3) is 0 Å². The Labute approximate surface area is 166 Å². The average Bonchev–Trinajstić information content (AvgIpc) is 2.58. The van der Waals surface area contributed by atoms with Gasteiger partial charge in [0.25, 0.3) is 0 Å². The standard InChI is InChI=1S/C12H13F.C5H12.C4H10.2C2H6/c1-4-5-10-6-7-11(9(2)3)12(13)8-10;1-4-5(2)3;1-4(2)3;2*1-2/h6-9H,1-3H3;5H,4H2,1-3H3;4H,1-3H3;2*1-2H3. The number of benzene rings is 1. The van der Waals surface area contributed by atoms with Gasteiger partial charge in [0.1, 0.15) is 5.82 Å². The Bertz CT molecular complexity index is 442. The third-order valence-electron chi connectivity index (χ3n) is 2.71. The molecule has 0 aliphatic carbocycles. The van der Waals surface area contributed by atoms with E-state index in [0.29, 0.717) is 0 Å². The largest absolute Gasteiger partial charge is 0.207 e. The van der Waals surface area contributed by atoms with Crippen LogP contribution < -0.4 is 0 Å². The summed E-state index contributed by atoms with van der Waals surface area (Å²) in [5.74, 6) is 7.35.